The zero-order valence-corrected chi connectivity index (χ0v) is 13.4. The second-order valence-electron chi connectivity index (χ2n) is 6.04. The summed E-state index contributed by atoms with van der Waals surface area (Å²) in [6, 6.07) is 6.24. The third kappa shape index (κ3) is 3.56. The summed E-state index contributed by atoms with van der Waals surface area (Å²) in [6.45, 7) is 5.08. The lowest BCUT2D eigenvalue weighted by Gasteiger charge is -2.28. The minimum atomic E-state index is -0.0473. The Morgan fingerprint density at radius 2 is 2.14 bits per heavy atom. The summed E-state index contributed by atoms with van der Waals surface area (Å²) in [5.41, 5.74) is 9.73. The maximum Gasteiger partial charge on any atom is 0.321 e. The van der Waals surface area contributed by atoms with Crippen LogP contribution >= 0.6 is 0 Å². The molecule has 21 heavy (non-hydrogen) atoms. The molecule has 1 aromatic carbocycles. The second-order valence-corrected chi connectivity index (χ2v) is 6.04. The van der Waals surface area contributed by atoms with E-state index in [1.165, 1.54) is 24.8 Å². The molecule has 0 fully saturated rings. The summed E-state index contributed by atoms with van der Waals surface area (Å²) in [5.74, 6) is 0.527. The molecule has 0 aromatic heterocycles. The average molecular weight is 289 g/mol. The van der Waals surface area contributed by atoms with E-state index in [2.05, 4.69) is 31.3 Å². The van der Waals surface area contributed by atoms with Crippen LogP contribution < -0.4 is 11.1 Å². The van der Waals surface area contributed by atoms with Crippen LogP contribution in [0.4, 0.5) is 10.5 Å². The predicted octanol–water partition coefficient (Wildman–Crippen LogP) is 3.88. The molecule has 0 radical (unpaired) electrons. The third-order valence-electron chi connectivity index (χ3n) is 4.47. The highest BCUT2D eigenvalue weighted by atomic mass is 16.2. The number of hydrogen-bond donors (Lipinski definition) is 2. The Bertz CT molecular complexity index is 501. The van der Waals surface area contributed by atoms with E-state index in [1.807, 2.05) is 6.07 Å². The largest absolute Gasteiger partial charge is 0.324 e. The maximum atomic E-state index is 11.6. The molecular weight excluding hydrogens is 262 g/mol. The Hall–Kier alpha value is -1.55. The fourth-order valence-electron chi connectivity index (χ4n) is 2.99. The fourth-order valence-corrected chi connectivity index (χ4v) is 2.99. The zero-order chi connectivity index (χ0) is 15.4. The number of hydrogen-bond acceptors (Lipinski definition) is 2. The van der Waals surface area contributed by atoms with Gasteiger partial charge in [0.1, 0.15) is 0 Å². The number of nitrogens with zero attached hydrogens (tertiary/aromatic N) is 1. The highest BCUT2D eigenvalue weighted by Gasteiger charge is 2.22. The number of urea groups is 1. The van der Waals surface area contributed by atoms with E-state index >= 15 is 0 Å². The molecule has 0 bridgehead atoms. The predicted molar refractivity (Wildman–Crippen MR) is 87.2 cm³/mol. The lowest BCUT2D eigenvalue weighted by Crippen LogP contribution is -2.35. The molecule has 1 heterocycles. The van der Waals surface area contributed by atoms with Crippen molar-refractivity contribution in [2.45, 2.75) is 52.1 Å². The first-order valence-electron chi connectivity index (χ1n) is 7.97. The topological polar surface area (TPSA) is 58.4 Å². The van der Waals surface area contributed by atoms with Gasteiger partial charge >= 0.3 is 6.03 Å². The normalized spacial score (nSPS) is 17.1. The van der Waals surface area contributed by atoms with Crippen molar-refractivity contribution < 1.29 is 4.79 Å². The van der Waals surface area contributed by atoms with Gasteiger partial charge in [0.05, 0.1) is 0 Å². The molecular formula is C17H27N3O. The molecule has 0 spiro atoms. The van der Waals surface area contributed by atoms with Crippen molar-refractivity contribution in [3.63, 3.8) is 0 Å². The monoisotopic (exact) mass is 289 g/mol. The average Bonchev–Trinajstić information content (AvgIpc) is 2.48. The van der Waals surface area contributed by atoms with E-state index in [-0.39, 0.29) is 12.1 Å². The molecule has 3 N–H and O–H groups in total. The van der Waals surface area contributed by atoms with Crippen LogP contribution in [-0.4, -0.2) is 18.0 Å². The molecule has 2 rings (SSSR count). The fraction of sp³-hybridized carbons (Fsp3) is 0.588. The van der Waals surface area contributed by atoms with Crippen molar-refractivity contribution in [1.29, 1.82) is 0 Å². The van der Waals surface area contributed by atoms with Gasteiger partial charge in [-0.2, -0.15) is 0 Å². The van der Waals surface area contributed by atoms with Gasteiger partial charge in [0.2, 0.25) is 0 Å². The van der Waals surface area contributed by atoms with Crippen molar-refractivity contribution in [2.75, 3.05) is 12.4 Å². The number of nitrogens with two attached hydrogens (primary N) is 1. The zero-order valence-electron chi connectivity index (χ0n) is 13.4. The summed E-state index contributed by atoms with van der Waals surface area (Å²) in [6.07, 6.45) is 4.73. The third-order valence-corrected chi connectivity index (χ3v) is 4.47. The number of carbonyl (C=O) groups is 1. The molecule has 1 aromatic rings. The summed E-state index contributed by atoms with van der Waals surface area (Å²) in [5, 5.41) is 2.90. The lowest BCUT2D eigenvalue weighted by atomic mass is 9.86. The van der Waals surface area contributed by atoms with Gasteiger partial charge in [-0.05, 0) is 29.5 Å². The number of fused-ring (bicyclic) bond motifs is 1. The van der Waals surface area contributed by atoms with Gasteiger partial charge < -0.3 is 16.0 Å². The van der Waals surface area contributed by atoms with E-state index in [1.54, 1.807) is 11.9 Å². The van der Waals surface area contributed by atoms with Crippen LogP contribution in [0.3, 0.4) is 0 Å². The van der Waals surface area contributed by atoms with Crippen LogP contribution in [0.2, 0.25) is 0 Å². The standard InChI is InChI=1S/C17H27N3O/c1-4-6-7-12(5-2)16(18)13-8-9-15-14(10-13)11-20(3)17(21)19-15/h8-10,12,16H,4-7,11,18H2,1-3H3,(H,19,21). The van der Waals surface area contributed by atoms with Gasteiger partial charge in [0.15, 0.2) is 0 Å². The van der Waals surface area contributed by atoms with E-state index in [9.17, 15) is 4.79 Å². The van der Waals surface area contributed by atoms with Crippen molar-refractivity contribution >= 4 is 11.7 Å². The number of anilines is 1. The molecule has 2 atom stereocenters. The molecule has 116 valence electrons. The summed E-state index contributed by atoms with van der Waals surface area (Å²) >= 11 is 0. The number of rotatable bonds is 6. The van der Waals surface area contributed by atoms with Crippen LogP contribution in [-0.2, 0) is 6.54 Å². The van der Waals surface area contributed by atoms with Crippen molar-refractivity contribution in [3.8, 4) is 0 Å². The van der Waals surface area contributed by atoms with E-state index in [0.717, 1.165) is 17.7 Å². The van der Waals surface area contributed by atoms with Crippen LogP contribution in [0.5, 0.6) is 0 Å². The second kappa shape index (κ2) is 6.94. The Balaban J connectivity index is 2.17. The Morgan fingerprint density at radius 1 is 1.38 bits per heavy atom. The quantitative estimate of drug-likeness (QED) is 0.835. The van der Waals surface area contributed by atoms with Crippen molar-refractivity contribution in [3.05, 3.63) is 29.3 Å². The molecule has 2 unspecified atom stereocenters. The highest BCUT2D eigenvalue weighted by Crippen LogP contribution is 2.31. The molecule has 0 aliphatic carbocycles. The summed E-state index contributed by atoms with van der Waals surface area (Å²) < 4.78 is 0. The SMILES string of the molecule is CCCCC(CC)C(N)c1ccc2c(c1)CN(C)C(=O)N2. The summed E-state index contributed by atoms with van der Waals surface area (Å²) in [7, 11) is 1.81. The highest BCUT2D eigenvalue weighted by molar-refractivity contribution is 5.92. The Labute approximate surface area is 127 Å². The van der Waals surface area contributed by atoms with Gasteiger partial charge in [0, 0.05) is 25.3 Å². The molecule has 1 aliphatic rings. The van der Waals surface area contributed by atoms with Gasteiger partial charge in [0.25, 0.3) is 0 Å². The number of nitrogens with one attached hydrogen (secondary N) is 1. The van der Waals surface area contributed by atoms with E-state index < -0.39 is 0 Å². The number of amides is 2. The van der Waals surface area contributed by atoms with Crippen LogP contribution in [0.25, 0.3) is 0 Å². The van der Waals surface area contributed by atoms with E-state index in [4.69, 9.17) is 5.73 Å². The lowest BCUT2D eigenvalue weighted by molar-refractivity contribution is 0.218. The summed E-state index contributed by atoms with van der Waals surface area (Å²) in [4.78, 5) is 13.3. The smallest absolute Gasteiger partial charge is 0.321 e. The van der Waals surface area contributed by atoms with Gasteiger partial charge in [-0.15, -0.1) is 0 Å². The minimum Gasteiger partial charge on any atom is -0.324 e. The van der Waals surface area contributed by atoms with Crippen LogP contribution in [0.1, 0.15) is 56.7 Å². The van der Waals surface area contributed by atoms with Crippen molar-refractivity contribution in [2.24, 2.45) is 11.7 Å². The Kier molecular flexibility index (Phi) is 5.23. The van der Waals surface area contributed by atoms with Gasteiger partial charge in [-0.25, -0.2) is 4.79 Å². The van der Waals surface area contributed by atoms with Gasteiger partial charge in [-0.3, -0.25) is 0 Å². The first-order chi connectivity index (χ1) is 10.1. The number of unbranched alkanes of at least 4 members (excludes halogenated alkanes) is 1. The number of benzene rings is 1. The minimum absolute atomic E-state index is 0.0473. The molecule has 1 aliphatic heterocycles. The van der Waals surface area contributed by atoms with Crippen LogP contribution in [0.15, 0.2) is 18.2 Å². The maximum absolute atomic E-state index is 11.6. The van der Waals surface area contributed by atoms with Crippen LogP contribution in [0, 0.1) is 5.92 Å². The Morgan fingerprint density at radius 3 is 2.81 bits per heavy atom. The molecule has 0 saturated carbocycles. The number of carbonyl (C=O) groups excluding carboxylic acids is 1. The van der Waals surface area contributed by atoms with Gasteiger partial charge in [-0.1, -0.05) is 45.2 Å². The van der Waals surface area contributed by atoms with E-state index in [0.29, 0.717) is 12.5 Å². The molecule has 4 nitrogen and oxygen atoms in total. The first kappa shape index (κ1) is 15.8. The molecule has 2 amide bonds. The molecule has 0 saturated heterocycles. The molecule has 4 heteroatoms. The first-order valence-corrected chi connectivity index (χ1v) is 7.97. The van der Waals surface area contributed by atoms with Crippen molar-refractivity contribution in [1.82, 2.24) is 4.90 Å².